The van der Waals surface area contributed by atoms with E-state index < -0.39 is 19.0 Å². The van der Waals surface area contributed by atoms with E-state index in [0.717, 1.165) is 5.56 Å². The van der Waals surface area contributed by atoms with Gasteiger partial charge in [-0.2, -0.15) is 0 Å². The van der Waals surface area contributed by atoms with E-state index in [1.807, 2.05) is 6.07 Å². The Morgan fingerprint density at radius 3 is 2.14 bits per heavy atom. The van der Waals surface area contributed by atoms with Gasteiger partial charge in [0.25, 0.3) is 0 Å². The molecular weight excluding hydrogens is 303 g/mol. The number of nitrogens with one attached hydrogen (secondary N) is 1. The van der Waals surface area contributed by atoms with Gasteiger partial charge in [-0.1, -0.05) is 6.07 Å². The molecule has 0 saturated carbocycles. The number of aromatic nitrogens is 1. The van der Waals surface area contributed by atoms with E-state index in [-0.39, 0.29) is 6.61 Å². The van der Waals surface area contributed by atoms with Crippen molar-refractivity contribution in [2.24, 2.45) is 0 Å². The van der Waals surface area contributed by atoms with Gasteiger partial charge in [0.15, 0.2) is 0 Å². The number of pyridine rings is 1. The van der Waals surface area contributed by atoms with Crippen molar-refractivity contribution < 1.29 is 18.1 Å². The molecule has 0 spiro atoms. The lowest BCUT2D eigenvalue weighted by Gasteiger charge is -2.31. The molecule has 0 aliphatic rings. The molecule has 1 N–H and O–H groups in total. The van der Waals surface area contributed by atoms with Crippen LogP contribution < -0.4 is 5.32 Å². The Balaban J connectivity index is 2.92. The summed E-state index contributed by atoms with van der Waals surface area (Å²) >= 11 is 0. The van der Waals surface area contributed by atoms with Crippen molar-refractivity contribution in [3.8, 4) is 0 Å². The van der Waals surface area contributed by atoms with Crippen LogP contribution in [0.25, 0.3) is 0 Å². The molecule has 1 rings (SSSR count). The summed E-state index contributed by atoms with van der Waals surface area (Å²) in [4.78, 5) is 4.18. The molecule has 0 aliphatic heterocycles. The molecule has 0 bridgehead atoms. The summed E-state index contributed by atoms with van der Waals surface area (Å²) in [6, 6.07) is 3.64. The Kier molecular flexibility index (Phi) is 6.16. The molecule has 0 radical (unpaired) electrons. The van der Waals surface area contributed by atoms with Gasteiger partial charge in [-0.05, 0) is 47.6 Å². The minimum atomic E-state index is -3.71. The first-order valence-electron chi connectivity index (χ1n) is 7.22. The van der Waals surface area contributed by atoms with E-state index >= 15 is 0 Å². The third-order valence-corrected chi connectivity index (χ3v) is 4.27. The van der Waals surface area contributed by atoms with E-state index in [0.29, 0.717) is 5.82 Å². The fourth-order valence-electron chi connectivity index (χ4n) is 1.67. The number of phosphoric ester groups is 1. The maximum Gasteiger partial charge on any atom is 0.476 e. The van der Waals surface area contributed by atoms with Gasteiger partial charge >= 0.3 is 7.82 Å². The molecular formula is C15H27N2O4P. The number of hydrogen-bond donors (Lipinski definition) is 1. The van der Waals surface area contributed by atoms with E-state index in [1.54, 1.807) is 60.9 Å². The lowest BCUT2D eigenvalue weighted by atomic mass is 10.2. The summed E-state index contributed by atoms with van der Waals surface area (Å²) in [6.45, 7) is 10.9. The van der Waals surface area contributed by atoms with Crippen LogP contribution >= 0.6 is 7.82 Å². The zero-order valence-electron chi connectivity index (χ0n) is 14.5. The van der Waals surface area contributed by atoms with Crippen LogP contribution in [0.1, 0.15) is 47.1 Å². The predicted octanol–water partition coefficient (Wildman–Crippen LogP) is 4.38. The van der Waals surface area contributed by atoms with Crippen molar-refractivity contribution in [1.82, 2.24) is 4.98 Å². The largest absolute Gasteiger partial charge is 0.476 e. The smallest absolute Gasteiger partial charge is 0.373 e. The van der Waals surface area contributed by atoms with E-state index in [9.17, 15) is 4.57 Å². The molecule has 0 saturated heterocycles. The highest BCUT2D eigenvalue weighted by Gasteiger charge is 2.37. The third kappa shape index (κ3) is 6.88. The number of rotatable bonds is 6. The van der Waals surface area contributed by atoms with Gasteiger partial charge in [0.1, 0.15) is 5.82 Å². The van der Waals surface area contributed by atoms with Gasteiger partial charge < -0.3 is 5.32 Å². The number of phosphoric acid groups is 1. The summed E-state index contributed by atoms with van der Waals surface area (Å²) in [5.41, 5.74) is -0.524. The van der Waals surface area contributed by atoms with Gasteiger partial charge in [-0.15, -0.1) is 0 Å². The second-order valence-corrected chi connectivity index (χ2v) is 8.41. The molecule has 6 nitrogen and oxygen atoms in total. The Morgan fingerprint density at radius 1 is 1.14 bits per heavy atom. The van der Waals surface area contributed by atoms with Crippen molar-refractivity contribution in [1.29, 1.82) is 0 Å². The number of anilines is 1. The van der Waals surface area contributed by atoms with Gasteiger partial charge in [0.05, 0.1) is 17.8 Å². The van der Waals surface area contributed by atoms with Crippen molar-refractivity contribution in [2.75, 3.05) is 12.4 Å². The molecule has 1 aromatic rings. The molecule has 22 heavy (non-hydrogen) atoms. The molecule has 0 aromatic carbocycles. The van der Waals surface area contributed by atoms with Crippen LogP contribution in [0, 0.1) is 0 Å². The van der Waals surface area contributed by atoms with Gasteiger partial charge in [0.2, 0.25) is 0 Å². The fourth-order valence-corrected chi connectivity index (χ4v) is 3.45. The summed E-state index contributed by atoms with van der Waals surface area (Å²) in [5.74, 6) is 0.667. The van der Waals surface area contributed by atoms with Crippen LogP contribution in [0.4, 0.5) is 5.82 Å². The van der Waals surface area contributed by atoms with Crippen LogP contribution in [0.15, 0.2) is 18.3 Å². The SMILES string of the molecule is CNc1ncccc1COP(=O)(OC(C)(C)C)OC(C)(C)C. The van der Waals surface area contributed by atoms with Crippen LogP contribution in [-0.4, -0.2) is 23.2 Å². The molecule has 0 atom stereocenters. The third-order valence-electron chi connectivity index (χ3n) is 2.28. The Morgan fingerprint density at radius 2 is 1.68 bits per heavy atom. The lowest BCUT2D eigenvalue weighted by molar-refractivity contribution is 0.000901. The second kappa shape index (κ2) is 7.09. The minimum absolute atomic E-state index is 0.0768. The molecule has 7 heteroatoms. The molecule has 1 aromatic heterocycles. The maximum atomic E-state index is 12.9. The van der Waals surface area contributed by atoms with Gasteiger partial charge in [0, 0.05) is 18.8 Å². The minimum Gasteiger partial charge on any atom is -0.373 e. The van der Waals surface area contributed by atoms with Crippen molar-refractivity contribution in [3.05, 3.63) is 23.9 Å². The zero-order chi connectivity index (χ0) is 17.0. The highest BCUT2D eigenvalue weighted by Crippen LogP contribution is 2.56. The highest BCUT2D eigenvalue weighted by atomic mass is 31.2. The zero-order valence-corrected chi connectivity index (χ0v) is 15.4. The lowest BCUT2D eigenvalue weighted by Crippen LogP contribution is -2.24. The Labute approximate surface area is 133 Å². The number of nitrogens with zero attached hydrogens (tertiary/aromatic N) is 1. The monoisotopic (exact) mass is 330 g/mol. The van der Waals surface area contributed by atoms with Crippen molar-refractivity contribution in [3.63, 3.8) is 0 Å². The maximum absolute atomic E-state index is 12.9. The molecule has 0 fully saturated rings. The van der Waals surface area contributed by atoms with Gasteiger partial charge in [-0.25, -0.2) is 9.55 Å². The summed E-state index contributed by atoms with van der Waals surface area (Å²) < 4.78 is 29.6. The first-order valence-corrected chi connectivity index (χ1v) is 8.68. The first kappa shape index (κ1) is 19.1. The van der Waals surface area contributed by atoms with E-state index in [2.05, 4.69) is 10.3 Å². The van der Waals surface area contributed by atoms with Crippen LogP contribution in [0.3, 0.4) is 0 Å². The summed E-state index contributed by atoms with van der Waals surface area (Å²) in [6.07, 6.45) is 1.67. The summed E-state index contributed by atoms with van der Waals surface area (Å²) in [5, 5.41) is 2.97. The predicted molar refractivity (Wildman–Crippen MR) is 87.9 cm³/mol. The molecule has 126 valence electrons. The van der Waals surface area contributed by atoms with E-state index in [1.165, 1.54) is 0 Å². The first-order chi connectivity index (χ1) is 9.94. The van der Waals surface area contributed by atoms with Crippen LogP contribution in [0.5, 0.6) is 0 Å². The standard InChI is InChI=1S/C15H27N2O4P/c1-14(2,3)20-22(18,21-15(4,5)6)19-11-12-9-8-10-17-13(12)16-7/h8-10H,11H2,1-7H3,(H,16,17). The topological polar surface area (TPSA) is 69.7 Å². The summed E-state index contributed by atoms with van der Waals surface area (Å²) in [7, 11) is -1.95. The number of hydrogen-bond acceptors (Lipinski definition) is 6. The molecule has 1 heterocycles. The average Bonchev–Trinajstić information content (AvgIpc) is 2.32. The molecule has 0 unspecified atom stereocenters. The van der Waals surface area contributed by atoms with Crippen LogP contribution in [-0.2, 0) is 24.7 Å². The quantitative estimate of drug-likeness (QED) is 0.781. The van der Waals surface area contributed by atoms with Crippen molar-refractivity contribution >= 4 is 13.6 Å². The van der Waals surface area contributed by atoms with Crippen LogP contribution in [0.2, 0.25) is 0 Å². The normalized spacial score (nSPS) is 13.2. The average molecular weight is 330 g/mol. The molecule has 0 aliphatic carbocycles. The Hall–Kier alpha value is -0.940. The van der Waals surface area contributed by atoms with E-state index in [4.69, 9.17) is 13.6 Å². The Bertz CT molecular complexity index is 515. The highest BCUT2D eigenvalue weighted by molar-refractivity contribution is 7.48. The molecule has 0 amide bonds. The van der Waals surface area contributed by atoms with Gasteiger partial charge in [-0.3, -0.25) is 13.6 Å². The van der Waals surface area contributed by atoms with Crippen molar-refractivity contribution in [2.45, 2.75) is 59.4 Å². The fraction of sp³-hybridized carbons (Fsp3) is 0.667. The second-order valence-electron chi connectivity index (χ2n) is 6.89.